The number of carbonyl (C=O) groups is 1. The van der Waals surface area contributed by atoms with E-state index in [4.69, 9.17) is 0 Å². The lowest BCUT2D eigenvalue weighted by Crippen LogP contribution is -2.14. The summed E-state index contributed by atoms with van der Waals surface area (Å²) >= 11 is 4.74. The third-order valence-corrected chi connectivity index (χ3v) is 5.33. The van der Waals surface area contributed by atoms with Gasteiger partial charge >= 0.3 is 0 Å². The lowest BCUT2D eigenvalue weighted by Gasteiger charge is -2.08. The Morgan fingerprint density at radius 1 is 1.04 bits per heavy atom. The van der Waals surface area contributed by atoms with E-state index in [0.29, 0.717) is 21.4 Å². The summed E-state index contributed by atoms with van der Waals surface area (Å²) in [6.07, 6.45) is 1.69. The highest BCUT2D eigenvalue weighted by atomic mass is 79.9. The van der Waals surface area contributed by atoms with Gasteiger partial charge in [-0.15, -0.1) is 10.2 Å². The molecule has 3 heterocycles. The predicted octanol–water partition coefficient (Wildman–Crippen LogP) is 4.99. The molecule has 0 aliphatic rings. The fourth-order valence-corrected chi connectivity index (χ4v) is 3.76. The second-order valence-corrected chi connectivity index (χ2v) is 7.81. The molecule has 4 rings (SSSR count). The second kappa shape index (κ2) is 7.95. The van der Waals surface area contributed by atoms with Crippen molar-refractivity contribution in [1.82, 2.24) is 20.2 Å². The number of rotatable bonds is 4. The number of halogens is 1. The summed E-state index contributed by atoms with van der Waals surface area (Å²) < 4.78 is 0.978. The molecule has 0 radical (unpaired) electrons. The molecule has 1 N–H and O–H groups in total. The van der Waals surface area contributed by atoms with Gasteiger partial charge in [-0.3, -0.25) is 20.1 Å². The van der Waals surface area contributed by atoms with E-state index >= 15 is 0 Å². The number of pyridine rings is 2. The van der Waals surface area contributed by atoms with Crippen LogP contribution < -0.4 is 5.32 Å². The van der Waals surface area contributed by atoms with Crippen molar-refractivity contribution in [3.63, 3.8) is 0 Å². The molecule has 3 aromatic heterocycles. The maximum atomic E-state index is 12.6. The third-order valence-electron chi connectivity index (χ3n) is 3.98. The number of benzene rings is 1. The van der Waals surface area contributed by atoms with Crippen LogP contribution in [0, 0.1) is 6.92 Å². The zero-order chi connectivity index (χ0) is 19.5. The number of carbonyl (C=O) groups excluding carboxylic acids is 1. The number of aromatic nitrogens is 4. The first-order chi connectivity index (χ1) is 13.6. The Labute approximate surface area is 173 Å². The van der Waals surface area contributed by atoms with Gasteiger partial charge < -0.3 is 0 Å². The summed E-state index contributed by atoms with van der Waals surface area (Å²) in [5.41, 5.74) is 3.65. The van der Waals surface area contributed by atoms with Crippen LogP contribution in [0.3, 0.4) is 0 Å². The van der Waals surface area contributed by atoms with E-state index in [9.17, 15) is 4.79 Å². The van der Waals surface area contributed by atoms with Crippen LogP contribution in [0.15, 0.2) is 65.3 Å². The van der Waals surface area contributed by atoms with Gasteiger partial charge in [0.25, 0.3) is 5.91 Å². The Balaban J connectivity index is 1.53. The van der Waals surface area contributed by atoms with Crippen molar-refractivity contribution in [1.29, 1.82) is 0 Å². The quantitative estimate of drug-likeness (QED) is 0.472. The molecule has 1 amide bonds. The highest BCUT2D eigenvalue weighted by Gasteiger charge is 2.15. The van der Waals surface area contributed by atoms with E-state index in [2.05, 4.69) is 41.4 Å². The Kier molecular flexibility index (Phi) is 5.23. The van der Waals surface area contributed by atoms with E-state index in [-0.39, 0.29) is 5.91 Å². The fourth-order valence-electron chi connectivity index (χ4n) is 2.64. The molecule has 0 fully saturated rings. The van der Waals surface area contributed by atoms with Crippen molar-refractivity contribution in [3.05, 3.63) is 76.5 Å². The molecule has 0 unspecified atom stereocenters. The van der Waals surface area contributed by atoms with Gasteiger partial charge in [-0.1, -0.05) is 45.5 Å². The first-order valence-corrected chi connectivity index (χ1v) is 10.0. The zero-order valence-corrected chi connectivity index (χ0v) is 17.2. The third kappa shape index (κ3) is 3.97. The number of nitrogens with zero attached hydrogens (tertiary/aromatic N) is 4. The summed E-state index contributed by atoms with van der Waals surface area (Å²) in [6.45, 7) is 1.82. The monoisotopic (exact) mass is 451 g/mol. The smallest absolute Gasteiger partial charge is 0.259 e. The average molecular weight is 452 g/mol. The van der Waals surface area contributed by atoms with E-state index in [1.807, 2.05) is 55.5 Å². The summed E-state index contributed by atoms with van der Waals surface area (Å²) in [4.78, 5) is 21.5. The van der Waals surface area contributed by atoms with Crippen LogP contribution in [0.4, 0.5) is 5.13 Å². The van der Waals surface area contributed by atoms with Gasteiger partial charge in [0.2, 0.25) is 5.13 Å². The normalized spacial score (nSPS) is 10.6. The van der Waals surface area contributed by atoms with Gasteiger partial charge in [0.1, 0.15) is 5.69 Å². The topological polar surface area (TPSA) is 80.7 Å². The van der Waals surface area contributed by atoms with Crippen LogP contribution >= 0.6 is 27.3 Å². The molecule has 0 spiro atoms. The van der Waals surface area contributed by atoms with Gasteiger partial charge in [-0.25, -0.2) is 0 Å². The van der Waals surface area contributed by atoms with Crippen molar-refractivity contribution in [2.24, 2.45) is 0 Å². The second-order valence-electron chi connectivity index (χ2n) is 5.92. The fraction of sp³-hybridized carbons (Fsp3) is 0.0500. The van der Waals surface area contributed by atoms with E-state index in [1.54, 1.807) is 12.3 Å². The summed E-state index contributed by atoms with van der Waals surface area (Å²) in [5.74, 6) is -0.269. The van der Waals surface area contributed by atoms with Crippen LogP contribution in [0.5, 0.6) is 0 Å². The molecule has 0 saturated carbocycles. The Morgan fingerprint density at radius 2 is 1.93 bits per heavy atom. The van der Waals surface area contributed by atoms with Crippen LogP contribution in [0.2, 0.25) is 0 Å². The number of hydrogen-bond donors (Lipinski definition) is 1. The summed E-state index contributed by atoms with van der Waals surface area (Å²) in [6, 6.07) is 17.0. The van der Waals surface area contributed by atoms with Crippen molar-refractivity contribution >= 4 is 38.3 Å². The number of nitrogens with one attached hydrogen (secondary N) is 1. The van der Waals surface area contributed by atoms with Gasteiger partial charge in [0, 0.05) is 16.2 Å². The van der Waals surface area contributed by atoms with E-state index < -0.39 is 0 Å². The molecule has 0 bridgehead atoms. The minimum absolute atomic E-state index is 0.269. The Hall–Kier alpha value is -2.97. The number of aryl methyl sites for hydroxylation is 1. The zero-order valence-electron chi connectivity index (χ0n) is 14.8. The predicted molar refractivity (Wildman–Crippen MR) is 113 cm³/mol. The lowest BCUT2D eigenvalue weighted by atomic mass is 10.1. The van der Waals surface area contributed by atoms with Crippen molar-refractivity contribution in [2.75, 3.05) is 5.32 Å². The molecule has 6 nitrogen and oxygen atoms in total. The molecular formula is C20H14BrN5OS. The number of hydrogen-bond acceptors (Lipinski definition) is 6. The van der Waals surface area contributed by atoms with Crippen molar-refractivity contribution < 1.29 is 4.79 Å². The molecule has 138 valence electrons. The molecule has 0 aliphatic heterocycles. The highest BCUT2D eigenvalue weighted by Crippen LogP contribution is 2.26. The largest absolute Gasteiger partial charge is 0.296 e. The summed E-state index contributed by atoms with van der Waals surface area (Å²) in [7, 11) is 0. The Morgan fingerprint density at radius 3 is 2.68 bits per heavy atom. The lowest BCUT2D eigenvalue weighted by molar-refractivity contribution is 0.102. The van der Waals surface area contributed by atoms with Crippen molar-refractivity contribution in [3.8, 4) is 22.0 Å². The van der Waals surface area contributed by atoms with Gasteiger partial charge in [0.15, 0.2) is 5.01 Å². The first kappa shape index (κ1) is 18.4. The number of amides is 1. The molecule has 1 aromatic carbocycles. The molecule has 28 heavy (non-hydrogen) atoms. The van der Waals surface area contributed by atoms with Gasteiger partial charge in [0.05, 0.1) is 17.0 Å². The molecule has 4 aromatic rings. The molecule has 0 saturated heterocycles. The van der Waals surface area contributed by atoms with Crippen LogP contribution in [-0.2, 0) is 0 Å². The van der Waals surface area contributed by atoms with Crippen molar-refractivity contribution in [2.45, 2.75) is 6.92 Å². The van der Waals surface area contributed by atoms with Crippen LogP contribution in [0.1, 0.15) is 16.1 Å². The maximum absolute atomic E-state index is 12.6. The maximum Gasteiger partial charge on any atom is 0.259 e. The van der Waals surface area contributed by atoms with Gasteiger partial charge in [-0.05, 0) is 43.3 Å². The number of anilines is 1. The van der Waals surface area contributed by atoms with Crippen LogP contribution in [0.25, 0.3) is 22.0 Å². The minimum atomic E-state index is -0.269. The molecule has 8 heteroatoms. The van der Waals surface area contributed by atoms with E-state index in [0.717, 1.165) is 21.4 Å². The standard InChI is InChI=1S/C20H14BrN5OS/c1-12-15(8-9-16(23-12)13-5-4-6-14(21)11-13)18(27)24-20-26-25-19(28-20)17-7-2-3-10-22-17/h2-11H,1H3,(H,24,26,27). The minimum Gasteiger partial charge on any atom is -0.296 e. The SMILES string of the molecule is Cc1nc(-c2cccc(Br)c2)ccc1C(=O)Nc1nnc(-c2ccccn2)s1. The first-order valence-electron chi connectivity index (χ1n) is 8.40. The van der Waals surface area contributed by atoms with E-state index in [1.165, 1.54) is 11.3 Å². The van der Waals surface area contributed by atoms with Crippen LogP contribution in [-0.4, -0.2) is 26.1 Å². The van der Waals surface area contributed by atoms with Gasteiger partial charge in [-0.2, -0.15) is 0 Å². The molecule has 0 aliphatic carbocycles. The highest BCUT2D eigenvalue weighted by molar-refractivity contribution is 9.10. The molecule has 0 atom stereocenters. The Bertz CT molecular complexity index is 1150. The molecular weight excluding hydrogens is 438 g/mol. The summed E-state index contributed by atoms with van der Waals surface area (Å²) in [5, 5.41) is 12.0. The average Bonchev–Trinajstić information content (AvgIpc) is 3.17.